The summed E-state index contributed by atoms with van der Waals surface area (Å²) < 4.78 is 12.5. The van der Waals surface area contributed by atoms with Gasteiger partial charge in [-0.25, -0.2) is 19.4 Å². The first-order valence-electron chi connectivity index (χ1n) is 11.0. The Morgan fingerprint density at radius 2 is 1.88 bits per heavy atom. The number of nitrogens with one attached hydrogen (secondary N) is 1. The summed E-state index contributed by atoms with van der Waals surface area (Å²) in [5.74, 6) is 1.35. The molecular weight excluding hydrogens is 428 g/mol. The Morgan fingerprint density at radius 1 is 1.12 bits per heavy atom. The summed E-state index contributed by atoms with van der Waals surface area (Å²) >= 11 is 0. The minimum atomic E-state index is -0.633. The molecule has 0 radical (unpaired) electrons. The number of morpholine rings is 1. The number of aromatic nitrogens is 4. The summed E-state index contributed by atoms with van der Waals surface area (Å²) in [6.45, 7) is 1.54. The largest absolute Gasteiger partial charge is 0.447 e. The molecule has 2 fully saturated rings. The number of nitrogens with zero attached hydrogens (tertiary/aromatic N) is 5. The van der Waals surface area contributed by atoms with Crippen LogP contribution in [0.3, 0.4) is 0 Å². The maximum absolute atomic E-state index is 11.7. The van der Waals surface area contributed by atoms with Crippen molar-refractivity contribution in [2.75, 3.05) is 43.1 Å². The van der Waals surface area contributed by atoms with Gasteiger partial charge in [0.1, 0.15) is 12.4 Å². The molecule has 0 saturated carbocycles. The molecule has 174 valence electrons. The predicted octanol–water partition coefficient (Wildman–Crippen LogP) is 1.39. The Labute approximate surface area is 190 Å². The summed E-state index contributed by atoms with van der Waals surface area (Å²) in [6, 6.07) is 7.12. The van der Waals surface area contributed by atoms with Gasteiger partial charge in [0.15, 0.2) is 11.5 Å². The van der Waals surface area contributed by atoms with Crippen molar-refractivity contribution >= 4 is 28.6 Å². The minimum absolute atomic E-state index is 0.0418. The topological polar surface area (TPSA) is 135 Å². The highest BCUT2D eigenvalue weighted by Crippen LogP contribution is 2.33. The standard InChI is InChI=1S/C22H26N6O5/c29-8-7-28-21-18(11-23-28)20(27-12-16-5-6-17(13-27)33-16)25-19(26-21)14-1-3-15(4-2-14)24-22(31)32-10-9-30/h1-4,11,16-17,29-30H,5-10,12-13H2,(H,24,31). The Balaban J connectivity index is 1.47. The fourth-order valence-electron chi connectivity index (χ4n) is 4.35. The summed E-state index contributed by atoms with van der Waals surface area (Å²) in [6.07, 6.45) is 3.66. The summed E-state index contributed by atoms with van der Waals surface area (Å²) in [7, 11) is 0. The number of aliphatic hydroxyl groups excluding tert-OH is 2. The molecule has 0 aliphatic carbocycles. The maximum atomic E-state index is 11.7. The summed E-state index contributed by atoms with van der Waals surface area (Å²) in [5.41, 5.74) is 2.00. The molecule has 11 heteroatoms. The van der Waals surface area contributed by atoms with Crippen LogP contribution in [0.5, 0.6) is 0 Å². The van der Waals surface area contributed by atoms with E-state index in [1.54, 1.807) is 23.0 Å². The predicted molar refractivity (Wildman–Crippen MR) is 120 cm³/mol. The Bertz CT molecular complexity index is 1120. The average molecular weight is 454 g/mol. The molecule has 3 N–H and O–H groups in total. The third-order valence-corrected chi connectivity index (χ3v) is 5.84. The molecule has 2 saturated heterocycles. The zero-order valence-corrected chi connectivity index (χ0v) is 18.1. The van der Waals surface area contributed by atoms with Gasteiger partial charge in [0.05, 0.1) is 43.5 Å². The molecule has 0 spiro atoms. The van der Waals surface area contributed by atoms with E-state index in [0.717, 1.165) is 42.7 Å². The van der Waals surface area contributed by atoms with Gasteiger partial charge in [-0.2, -0.15) is 5.10 Å². The van der Waals surface area contributed by atoms with Crippen LogP contribution in [0.2, 0.25) is 0 Å². The van der Waals surface area contributed by atoms with Crippen molar-refractivity contribution in [3.05, 3.63) is 30.5 Å². The van der Waals surface area contributed by atoms with Crippen LogP contribution >= 0.6 is 0 Å². The Kier molecular flexibility index (Phi) is 6.07. The number of rotatable bonds is 7. The van der Waals surface area contributed by atoms with Gasteiger partial charge < -0.3 is 24.6 Å². The average Bonchev–Trinajstić information content (AvgIpc) is 3.39. The van der Waals surface area contributed by atoms with E-state index < -0.39 is 6.09 Å². The highest BCUT2D eigenvalue weighted by Gasteiger charge is 2.35. The van der Waals surface area contributed by atoms with E-state index in [0.29, 0.717) is 23.7 Å². The Hall–Kier alpha value is -3.28. The van der Waals surface area contributed by atoms with Crippen LogP contribution in [0.15, 0.2) is 30.5 Å². The molecule has 2 bridgehead atoms. The SMILES string of the molecule is O=C(Nc1ccc(-c2nc(N3CC4CCC(C3)O4)c3cnn(CCO)c3n2)cc1)OCCO. The van der Waals surface area contributed by atoms with E-state index >= 15 is 0 Å². The van der Waals surface area contributed by atoms with Crippen LogP contribution < -0.4 is 10.2 Å². The fraction of sp³-hybridized carbons (Fsp3) is 0.455. The molecule has 2 unspecified atom stereocenters. The molecule has 2 atom stereocenters. The molecule has 5 rings (SSSR count). The molecule has 11 nitrogen and oxygen atoms in total. The van der Waals surface area contributed by atoms with Crippen molar-refractivity contribution in [1.82, 2.24) is 19.7 Å². The lowest BCUT2D eigenvalue weighted by Gasteiger charge is -2.33. The lowest BCUT2D eigenvalue weighted by molar-refractivity contribution is 0.0303. The van der Waals surface area contributed by atoms with Crippen LogP contribution in [0.1, 0.15) is 12.8 Å². The first-order chi connectivity index (χ1) is 16.1. The molecule has 33 heavy (non-hydrogen) atoms. The third kappa shape index (κ3) is 4.47. The number of hydrogen-bond acceptors (Lipinski definition) is 9. The minimum Gasteiger partial charge on any atom is -0.447 e. The van der Waals surface area contributed by atoms with Crippen molar-refractivity contribution in [3.63, 3.8) is 0 Å². The molecule has 1 amide bonds. The van der Waals surface area contributed by atoms with Crippen LogP contribution in [-0.2, 0) is 16.0 Å². The number of ether oxygens (including phenoxy) is 2. The van der Waals surface area contributed by atoms with Crippen LogP contribution in [0.4, 0.5) is 16.3 Å². The number of amides is 1. The lowest BCUT2D eigenvalue weighted by atomic mass is 10.2. The van der Waals surface area contributed by atoms with Gasteiger partial charge in [-0.05, 0) is 37.1 Å². The first-order valence-corrected chi connectivity index (χ1v) is 11.0. The zero-order chi connectivity index (χ0) is 22.8. The second kappa shape index (κ2) is 9.30. The van der Waals surface area contributed by atoms with Crippen molar-refractivity contribution < 1.29 is 24.5 Å². The van der Waals surface area contributed by atoms with Crippen molar-refractivity contribution in [2.24, 2.45) is 0 Å². The second-order valence-corrected chi connectivity index (χ2v) is 8.12. The van der Waals surface area contributed by atoms with Gasteiger partial charge in [-0.1, -0.05) is 0 Å². The summed E-state index contributed by atoms with van der Waals surface area (Å²) in [5, 5.41) is 26.1. The molecule has 4 heterocycles. The number of fused-ring (bicyclic) bond motifs is 3. The third-order valence-electron chi connectivity index (χ3n) is 5.84. The number of aliphatic hydroxyl groups is 2. The van der Waals surface area contributed by atoms with E-state index in [9.17, 15) is 9.90 Å². The smallest absolute Gasteiger partial charge is 0.411 e. The normalized spacial score (nSPS) is 19.8. The lowest BCUT2D eigenvalue weighted by Crippen LogP contribution is -2.43. The molecule has 3 aromatic rings. The monoisotopic (exact) mass is 454 g/mol. The van der Waals surface area contributed by atoms with E-state index in [4.69, 9.17) is 24.5 Å². The molecule has 2 aromatic heterocycles. The molecule has 1 aromatic carbocycles. The van der Waals surface area contributed by atoms with E-state index in [-0.39, 0.29) is 32.0 Å². The molecule has 2 aliphatic heterocycles. The highest BCUT2D eigenvalue weighted by atomic mass is 16.6. The van der Waals surface area contributed by atoms with Crippen molar-refractivity contribution in [3.8, 4) is 11.4 Å². The van der Waals surface area contributed by atoms with Gasteiger partial charge >= 0.3 is 6.09 Å². The van der Waals surface area contributed by atoms with Gasteiger partial charge in [0.2, 0.25) is 0 Å². The van der Waals surface area contributed by atoms with Crippen molar-refractivity contribution in [2.45, 2.75) is 31.6 Å². The van der Waals surface area contributed by atoms with Crippen LogP contribution in [0, 0.1) is 0 Å². The second-order valence-electron chi connectivity index (χ2n) is 8.12. The number of hydrogen-bond donors (Lipinski definition) is 3. The van der Waals surface area contributed by atoms with Crippen LogP contribution in [0.25, 0.3) is 22.4 Å². The molecular formula is C22H26N6O5. The zero-order valence-electron chi connectivity index (χ0n) is 18.1. The summed E-state index contributed by atoms with van der Waals surface area (Å²) in [4.78, 5) is 23.6. The molecule has 2 aliphatic rings. The number of carbonyl (C=O) groups excluding carboxylic acids is 1. The van der Waals surface area contributed by atoms with Crippen LogP contribution in [-0.4, -0.2) is 81.2 Å². The quantitative estimate of drug-likeness (QED) is 0.484. The van der Waals surface area contributed by atoms with E-state index in [2.05, 4.69) is 15.3 Å². The number of carbonyl (C=O) groups is 1. The highest BCUT2D eigenvalue weighted by molar-refractivity contribution is 5.89. The van der Waals surface area contributed by atoms with Gasteiger partial charge in [-0.3, -0.25) is 5.32 Å². The van der Waals surface area contributed by atoms with E-state index in [1.807, 2.05) is 12.1 Å². The Morgan fingerprint density at radius 3 is 2.58 bits per heavy atom. The first kappa shape index (κ1) is 21.6. The fourth-order valence-corrected chi connectivity index (χ4v) is 4.35. The van der Waals surface area contributed by atoms with Gasteiger partial charge in [0, 0.05) is 24.3 Å². The van der Waals surface area contributed by atoms with Gasteiger partial charge in [0.25, 0.3) is 0 Å². The van der Waals surface area contributed by atoms with Crippen molar-refractivity contribution in [1.29, 1.82) is 0 Å². The number of benzene rings is 1. The maximum Gasteiger partial charge on any atom is 0.411 e. The van der Waals surface area contributed by atoms with Gasteiger partial charge in [-0.15, -0.1) is 0 Å². The number of anilines is 2. The van der Waals surface area contributed by atoms with E-state index in [1.165, 1.54) is 0 Å².